The van der Waals surface area contributed by atoms with Crippen LogP contribution in [0.1, 0.15) is 18.4 Å². The molecule has 0 amide bonds. The Bertz CT molecular complexity index is 557. The van der Waals surface area contributed by atoms with E-state index in [1.165, 1.54) is 5.56 Å². The van der Waals surface area contributed by atoms with Crippen LogP contribution in [0.15, 0.2) is 47.5 Å². The van der Waals surface area contributed by atoms with Gasteiger partial charge >= 0.3 is 0 Å². The second kappa shape index (κ2) is 5.85. The molecule has 0 spiro atoms. The monoisotopic (exact) mass is 291 g/mol. The second-order valence-electron chi connectivity index (χ2n) is 4.55. The van der Waals surface area contributed by atoms with Crippen molar-refractivity contribution in [1.29, 1.82) is 0 Å². The summed E-state index contributed by atoms with van der Waals surface area (Å²) in [7, 11) is 0. The Labute approximate surface area is 122 Å². The number of hydrogen-bond donors (Lipinski definition) is 0. The van der Waals surface area contributed by atoms with Gasteiger partial charge in [-0.25, -0.2) is 4.98 Å². The maximum absolute atomic E-state index is 6.02. The minimum Gasteiger partial charge on any atom is -0.474 e. The molecule has 1 fully saturated rings. The summed E-state index contributed by atoms with van der Waals surface area (Å²) in [6.45, 7) is 0. The van der Waals surface area contributed by atoms with Crippen LogP contribution in [0, 0.1) is 0 Å². The van der Waals surface area contributed by atoms with Crippen molar-refractivity contribution in [3.8, 4) is 5.88 Å². The summed E-state index contributed by atoms with van der Waals surface area (Å²) in [5, 5.41) is 0.652. The van der Waals surface area contributed by atoms with Crippen molar-refractivity contribution in [3.63, 3.8) is 0 Å². The van der Waals surface area contributed by atoms with Crippen LogP contribution in [0.2, 0.25) is 5.02 Å². The molecule has 3 rings (SSSR count). The van der Waals surface area contributed by atoms with Gasteiger partial charge in [-0.1, -0.05) is 41.9 Å². The Hall–Kier alpha value is -1.19. The molecule has 0 radical (unpaired) electrons. The summed E-state index contributed by atoms with van der Waals surface area (Å²) in [4.78, 5) is 5.31. The highest BCUT2D eigenvalue weighted by Gasteiger charge is 2.25. The van der Waals surface area contributed by atoms with E-state index in [9.17, 15) is 0 Å². The molecule has 4 heteroatoms. The predicted molar refractivity (Wildman–Crippen MR) is 78.9 cm³/mol. The lowest BCUT2D eigenvalue weighted by Crippen LogP contribution is -1.99. The maximum Gasteiger partial charge on any atom is 0.227 e. The van der Waals surface area contributed by atoms with Gasteiger partial charge in [-0.05, 0) is 24.5 Å². The normalized spacial score (nSPS) is 14.4. The van der Waals surface area contributed by atoms with Crippen molar-refractivity contribution in [2.45, 2.75) is 29.6 Å². The average Bonchev–Trinajstić information content (AvgIpc) is 3.24. The number of nitrogens with zero attached hydrogens (tertiary/aromatic N) is 1. The van der Waals surface area contributed by atoms with E-state index in [4.69, 9.17) is 16.3 Å². The molecule has 0 N–H and O–H groups in total. The molecule has 1 aromatic carbocycles. The first kappa shape index (κ1) is 12.8. The number of ether oxygens (including phenoxy) is 1. The molecule has 1 aromatic heterocycles. The van der Waals surface area contributed by atoms with E-state index in [0.29, 0.717) is 17.0 Å². The molecular weight excluding hydrogens is 278 g/mol. The number of aromatic nitrogens is 1. The first-order valence-electron chi connectivity index (χ1n) is 6.30. The van der Waals surface area contributed by atoms with Crippen LogP contribution in [-0.2, 0) is 5.75 Å². The van der Waals surface area contributed by atoms with Crippen molar-refractivity contribution in [1.82, 2.24) is 4.98 Å². The third-order valence-electron chi connectivity index (χ3n) is 2.82. The van der Waals surface area contributed by atoms with Gasteiger partial charge in [-0.3, -0.25) is 0 Å². The van der Waals surface area contributed by atoms with Gasteiger partial charge in [0.05, 0.1) is 9.92 Å². The summed E-state index contributed by atoms with van der Waals surface area (Å²) in [5.41, 5.74) is 1.28. The summed E-state index contributed by atoms with van der Waals surface area (Å²) in [6, 6.07) is 12.3. The van der Waals surface area contributed by atoms with Crippen molar-refractivity contribution in [2.24, 2.45) is 0 Å². The zero-order valence-corrected chi connectivity index (χ0v) is 12.0. The topological polar surface area (TPSA) is 22.1 Å². The van der Waals surface area contributed by atoms with Crippen LogP contribution in [0.5, 0.6) is 5.88 Å². The fourth-order valence-corrected chi connectivity index (χ4v) is 2.85. The molecule has 1 saturated carbocycles. The average molecular weight is 292 g/mol. The van der Waals surface area contributed by atoms with Gasteiger partial charge in [-0.15, -0.1) is 11.8 Å². The Balaban J connectivity index is 1.73. The number of hydrogen-bond acceptors (Lipinski definition) is 3. The lowest BCUT2D eigenvalue weighted by molar-refractivity contribution is 0.283. The molecule has 0 bridgehead atoms. The van der Waals surface area contributed by atoms with Crippen molar-refractivity contribution >= 4 is 23.4 Å². The van der Waals surface area contributed by atoms with Gasteiger partial charge in [0.2, 0.25) is 5.88 Å². The Morgan fingerprint density at radius 2 is 2.05 bits per heavy atom. The van der Waals surface area contributed by atoms with E-state index in [-0.39, 0.29) is 0 Å². The highest BCUT2D eigenvalue weighted by atomic mass is 35.5. The Morgan fingerprint density at radius 1 is 1.26 bits per heavy atom. The number of benzene rings is 1. The molecule has 2 nitrogen and oxygen atoms in total. The number of thioether (sulfide) groups is 1. The summed E-state index contributed by atoms with van der Waals surface area (Å²) in [6.07, 6.45) is 4.26. The lowest BCUT2D eigenvalue weighted by atomic mass is 10.2. The molecule has 0 aliphatic heterocycles. The highest BCUT2D eigenvalue weighted by Crippen LogP contribution is 2.35. The Morgan fingerprint density at radius 3 is 2.79 bits per heavy atom. The molecule has 1 heterocycles. The molecule has 0 saturated heterocycles. The first-order chi connectivity index (χ1) is 9.31. The number of halogens is 1. The molecule has 0 unspecified atom stereocenters. The first-order valence-corrected chi connectivity index (χ1v) is 7.66. The standard InChI is InChI=1S/C15H14ClNOS/c16-12-8-14(15(17-9-12)18-13-6-7-13)19-10-11-4-2-1-3-5-11/h1-5,8-9,13H,6-7,10H2. The molecule has 19 heavy (non-hydrogen) atoms. The third-order valence-corrected chi connectivity index (χ3v) is 4.11. The fraction of sp³-hybridized carbons (Fsp3) is 0.267. The zero-order valence-electron chi connectivity index (χ0n) is 10.4. The largest absolute Gasteiger partial charge is 0.474 e. The number of rotatable bonds is 5. The van der Waals surface area contributed by atoms with Crippen LogP contribution in [-0.4, -0.2) is 11.1 Å². The summed E-state index contributed by atoms with van der Waals surface area (Å²) in [5.74, 6) is 1.61. The van der Waals surface area contributed by atoms with Crippen molar-refractivity contribution in [2.75, 3.05) is 0 Å². The summed E-state index contributed by atoms with van der Waals surface area (Å²) >= 11 is 7.73. The van der Waals surface area contributed by atoms with Gasteiger partial charge in [0, 0.05) is 11.9 Å². The number of pyridine rings is 1. The van der Waals surface area contributed by atoms with E-state index < -0.39 is 0 Å². The molecule has 98 valence electrons. The molecular formula is C15H14ClNOS. The molecule has 1 aliphatic carbocycles. The van der Waals surface area contributed by atoms with Gasteiger partial charge in [0.1, 0.15) is 6.10 Å². The lowest BCUT2D eigenvalue weighted by Gasteiger charge is -2.09. The van der Waals surface area contributed by atoms with Gasteiger partial charge in [0.15, 0.2) is 0 Å². The van der Waals surface area contributed by atoms with Crippen LogP contribution in [0.4, 0.5) is 0 Å². The minimum atomic E-state index is 0.352. The second-order valence-corrected chi connectivity index (χ2v) is 6.00. The van der Waals surface area contributed by atoms with Crippen LogP contribution in [0.25, 0.3) is 0 Å². The minimum absolute atomic E-state index is 0.352. The molecule has 1 aliphatic rings. The van der Waals surface area contributed by atoms with E-state index in [2.05, 4.69) is 17.1 Å². The fourth-order valence-electron chi connectivity index (χ4n) is 1.68. The molecule has 0 atom stereocenters. The van der Waals surface area contributed by atoms with E-state index in [0.717, 1.165) is 23.5 Å². The van der Waals surface area contributed by atoms with Gasteiger partial charge < -0.3 is 4.74 Å². The summed E-state index contributed by atoms with van der Waals surface area (Å²) < 4.78 is 5.81. The van der Waals surface area contributed by atoms with Gasteiger partial charge in [0.25, 0.3) is 0 Å². The van der Waals surface area contributed by atoms with Crippen molar-refractivity contribution < 1.29 is 4.74 Å². The smallest absolute Gasteiger partial charge is 0.227 e. The molecule has 2 aromatic rings. The van der Waals surface area contributed by atoms with E-state index >= 15 is 0 Å². The van der Waals surface area contributed by atoms with E-state index in [1.54, 1.807) is 18.0 Å². The van der Waals surface area contributed by atoms with E-state index in [1.807, 2.05) is 24.3 Å². The Kier molecular flexibility index (Phi) is 3.95. The third kappa shape index (κ3) is 3.64. The van der Waals surface area contributed by atoms with Crippen LogP contribution in [0.3, 0.4) is 0 Å². The maximum atomic E-state index is 6.02. The van der Waals surface area contributed by atoms with Gasteiger partial charge in [-0.2, -0.15) is 0 Å². The SMILES string of the molecule is Clc1cnc(OC2CC2)c(SCc2ccccc2)c1. The highest BCUT2D eigenvalue weighted by molar-refractivity contribution is 7.98. The quantitative estimate of drug-likeness (QED) is 0.754. The zero-order chi connectivity index (χ0) is 13.1. The van der Waals surface area contributed by atoms with Crippen LogP contribution >= 0.6 is 23.4 Å². The van der Waals surface area contributed by atoms with Crippen LogP contribution < -0.4 is 4.74 Å². The predicted octanol–water partition coefficient (Wildman–Crippen LogP) is 4.57. The van der Waals surface area contributed by atoms with Crippen molar-refractivity contribution in [3.05, 3.63) is 53.2 Å².